The van der Waals surface area contributed by atoms with Gasteiger partial charge in [-0.3, -0.25) is 0 Å². The minimum absolute atomic E-state index is 0.499. The summed E-state index contributed by atoms with van der Waals surface area (Å²) in [5.41, 5.74) is 2.91. The van der Waals surface area contributed by atoms with Gasteiger partial charge in [-0.05, 0) is 44.0 Å². The molecule has 4 rings (SSSR count). The maximum Gasteiger partial charge on any atom is 0.245 e. The number of nitrogens with one attached hydrogen (secondary N) is 1. The molecule has 3 aromatic rings. The molecule has 6 nitrogen and oxygen atoms in total. The van der Waals surface area contributed by atoms with Crippen molar-refractivity contribution >= 4 is 17.2 Å². The van der Waals surface area contributed by atoms with E-state index in [4.69, 9.17) is 14.8 Å². The summed E-state index contributed by atoms with van der Waals surface area (Å²) < 4.78 is 7.17. The van der Waals surface area contributed by atoms with Crippen molar-refractivity contribution in [1.29, 1.82) is 0 Å². The Hall–Kier alpha value is -2.63. The summed E-state index contributed by atoms with van der Waals surface area (Å²) in [6.45, 7) is 2.03. The zero-order chi connectivity index (χ0) is 17.2. The van der Waals surface area contributed by atoms with Crippen LogP contribution in [0, 0.1) is 6.92 Å². The number of rotatable bonds is 4. The van der Waals surface area contributed by atoms with Gasteiger partial charge in [0.15, 0.2) is 0 Å². The fourth-order valence-electron chi connectivity index (χ4n) is 3.53. The van der Waals surface area contributed by atoms with Gasteiger partial charge in [0.1, 0.15) is 17.1 Å². The van der Waals surface area contributed by atoms with Crippen LogP contribution in [0.1, 0.15) is 49.5 Å². The molecule has 25 heavy (non-hydrogen) atoms. The minimum Gasteiger partial charge on any atom is -0.497 e. The zero-order valence-corrected chi connectivity index (χ0v) is 14.7. The molecule has 0 aliphatic heterocycles. The molecule has 0 radical (unpaired) electrons. The van der Waals surface area contributed by atoms with E-state index in [9.17, 15) is 0 Å². The second kappa shape index (κ2) is 6.70. The molecule has 0 unspecified atom stereocenters. The standard InChI is InChI=1S/C19H23N5O/c1-13-17-12-20-19(22-15-8-10-16(25-2)11-9-15)23-24(17)18(21-13)14-6-4-3-5-7-14/h8-12,14H,3-7H2,1-2H3,(H,22,23). The number of nitrogens with zero attached hydrogens (tertiary/aromatic N) is 4. The SMILES string of the molecule is COc1ccc(Nc2ncc3c(C)nc(C4CCCCC4)n3n2)cc1. The quantitative estimate of drug-likeness (QED) is 0.772. The van der Waals surface area contributed by atoms with Crippen LogP contribution in [0.4, 0.5) is 11.6 Å². The molecular formula is C19H23N5O. The first-order valence-corrected chi connectivity index (χ1v) is 8.88. The molecule has 1 saturated carbocycles. The van der Waals surface area contributed by atoms with Crippen molar-refractivity contribution < 1.29 is 4.74 Å². The molecular weight excluding hydrogens is 314 g/mol. The summed E-state index contributed by atoms with van der Waals surface area (Å²) in [6.07, 6.45) is 8.14. The zero-order valence-electron chi connectivity index (χ0n) is 14.7. The maximum atomic E-state index is 5.19. The molecule has 130 valence electrons. The number of benzene rings is 1. The van der Waals surface area contributed by atoms with Crippen LogP contribution in [-0.2, 0) is 0 Å². The average Bonchev–Trinajstić information content (AvgIpc) is 2.99. The van der Waals surface area contributed by atoms with Gasteiger partial charge in [-0.25, -0.2) is 14.5 Å². The van der Waals surface area contributed by atoms with E-state index in [1.165, 1.54) is 32.1 Å². The lowest BCUT2D eigenvalue weighted by molar-refractivity contribution is 0.415. The van der Waals surface area contributed by atoms with Gasteiger partial charge < -0.3 is 10.1 Å². The smallest absolute Gasteiger partial charge is 0.245 e. The van der Waals surface area contributed by atoms with E-state index >= 15 is 0 Å². The topological polar surface area (TPSA) is 64.3 Å². The van der Waals surface area contributed by atoms with E-state index in [2.05, 4.69) is 10.3 Å². The van der Waals surface area contributed by atoms with Crippen LogP contribution in [0.5, 0.6) is 5.75 Å². The van der Waals surface area contributed by atoms with Crippen LogP contribution < -0.4 is 10.1 Å². The number of hydrogen-bond donors (Lipinski definition) is 1. The van der Waals surface area contributed by atoms with Gasteiger partial charge in [0.25, 0.3) is 0 Å². The highest BCUT2D eigenvalue weighted by Gasteiger charge is 2.22. The van der Waals surface area contributed by atoms with Crippen molar-refractivity contribution in [3.8, 4) is 5.75 Å². The molecule has 0 atom stereocenters. The highest BCUT2D eigenvalue weighted by molar-refractivity contribution is 5.56. The number of hydrogen-bond acceptors (Lipinski definition) is 5. The Morgan fingerprint density at radius 1 is 1.12 bits per heavy atom. The molecule has 0 saturated heterocycles. The van der Waals surface area contributed by atoms with Gasteiger partial charge in [0.05, 0.1) is 19.0 Å². The third kappa shape index (κ3) is 3.16. The molecule has 6 heteroatoms. The fraction of sp³-hybridized carbons (Fsp3) is 0.421. The van der Waals surface area contributed by atoms with E-state index in [-0.39, 0.29) is 0 Å². The van der Waals surface area contributed by atoms with Crippen molar-refractivity contribution in [2.24, 2.45) is 0 Å². The van der Waals surface area contributed by atoms with E-state index in [1.807, 2.05) is 41.9 Å². The fourth-order valence-corrected chi connectivity index (χ4v) is 3.53. The van der Waals surface area contributed by atoms with Crippen molar-refractivity contribution in [2.45, 2.75) is 44.9 Å². The first-order valence-electron chi connectivity index (χ1n) is 8.88. The summed E-state index contributed by atoms with van der Waals surface area (Å²) in [6, 6.07) is 7.73. The van der Waals surface area contributed by atoms with E-state index in [0.29, 0.717) is 11.9 Å². The number of aryl methyl sites for hydroxylation is 1. The second-order valence-corrected chi connectivity index (χ2v) is 6.62. The van der Waals surface area contributed by atoms with Gasteiger partial charge in [-0.1, -0.05) is 19.3 Å². The van der Waals surface area contributed by atoms with Crippen molar-refractivity contribution in [3.63, 3.8) is 0 Å². The van der Waals surface area contributed by atoms with Crippen LogP contribution in [0.3, 0.4) is 0 Å². The first-order chi connectivity index (χ1) is 12.2. The highest BCUT2D eigenvalue weighted by atomic mass is 16.5. The molecule has 0 bridgehead atoms. The number of methoxy groups -OCH3 is 1. The monoisotopic (exact) mass is 337 g/mol. The summed E-state index contributed by atoms with van der Waals surface area (Å²) in [4.78, 5) is 9.25. The van der Waals surface area contributed by atoms with Crippen molar-refractivity contribution in [1.82, 2.24) is 19.6 Å². The Labute approximate surface area is 147 Å². The Kier molecular flexibility index (Phi) is 4.26. The van der Waals surface area contributed by atoms with Crippen molar-refractivity contribution in [2.75, 3.05) is 12.4 Å². The Balaban J connectivity index is 1.65. The van der Waals surface area contributed by atoms with Gasteiger partial charge in [-0.2, -0.15) is 0 Å². The maximum absolute atomic E-state index is 5.19. The minimum atomic E-state index is 0.499. The summed E-state index contributed by atoms with van der Waals surface area (Å²) in [5.74, 6) is 2.98. The molecule has 1 aromatic carbocycles. The molecule has 1 aliphatic carbocycles. The van der Waals surface area contributed by atoms with Crippen LogP contribution in [-0.4, -0.2) is 26.7 Å². The highest BCUT2D eigenvalue weighted by Crippen LogP contribution is 2.32. The number of anilines is 2. The lowest BCUT2D eigenvalue weighted by Gasteiger charge is -2.20. The van der Waals surface area contributed by atoms with Gasteiger partial charge >= 0.3 is 0 Å². The number of imidazole rings is 1. The predicted octanol–water partition coefficient (Wildman–Crippen LogP) is 4.23. The summed E-state index contributed by atoms with van der Waals surface area (Å²) in [7, 11) is 1.66. The third-order valence-electron chi connectivity index (χ3n) is 4.92. The van der Waals surface area contributed by atoms with Gasteiger partial charge in [0, 0.05) is 11.6 Å². The Morgan fingerprint density at radius 2 is 1.88 bits per heavy atom. The molecule has 0 spiro atoms. The normalized spacial score (nSPS) is 15.4. The molecule has 0 amide bonds. The van der Waals surface area contributed by atoms with E-state index < -0.39 is 0 Å². The van der Waals surface area contributed by atoms with E-state index in [1.54, 1.807) is 7.11 Å². The lowest BCUT2D eigenvalue weighted by atomic mass is 9.89. The predicted molar refractivity (Wildman–Crippen MR) is 97.6 cm³/mol. The van der Waals surface area contributed by atoms with Crippen LogP contribution in [0.15, 0.2) is 30.5 Å². The summed E-state index contributed by atoms with van der Waals surface area (Å²) >= 11 is 0. The van der Waals surface area contributed by atoms with E-state index in [0.717, 1.165) is 28.5 Å². The molecule has 1 fully saturated rings. The van der Waals surface area contributed by atoms with Gasteiger partial charge in [0.2, 0.25) is 5.95 Å². The van der Waals surface area contributed by atoms with Gasteiger partial charge in [-0.15, -0.1) is 5.10 Å². The Morgan fingerprint density at radius 3 is 2.60 bits per heavy atom. The molecule has 2 heterocycles. The molecule has 1 aliphatic rings. The Bertz CT molecular complexity index is 865. The largest absolute Gasteiger partial charge is 0.497 e. The average molecular weight is 337 g/mol. The summed E-state index contributed by atoms with van der Waals surface area (Å²) in [5, 5.41) is 7.97. The number of fused-ring (bicyclic) bond motifs is 1. The molecule has 1 N–H and O–H groups in total. The van der Waals surface area contributed by atoms with Crippen LogP contribution in [0.2, 0.25) is 0 Å². The lowest BCUT2D eigenvalue weighted by Crippen LogP contribution is -2.11. The van der Waals surface area contributed by atoms with Crippen LogP contribution in [0.25, 0.3) is 5.52 Å². The number of ether oxygens (including phenoxy) is 1. The number of aromatic nitrogens is 4. The first kappa shape index (κ1) is 15.9. The second-order valence-electron chi connectivity index (χ2n) is 6.62. The van der Waals surface area contributed by atoms with Crippen molar-refractivity contribution in [3.05, 3.63) is 42.0 Å². The van der Waals surface area contributed by atoms with Crippen LogP contribution >= 0.6 is 0 Å². The molecule has 2 aromatic heterocycles. The third-order valence-corrected chi connectivity index (χ3v) is 4.92.